The number of halogens is 3. The molecule has 0 saturated carbocycles. The summed E-state index contributed by atoms with van der Waals surface area (Å²) in [4.78, 5) is 3.79. The van der Waals surface area contributed by atoms with Crippen LogP contribution in [0.15, 0.2) is 22.9 Å². The fourth-order valence-electron chi connectivity index (χ4n) is 0.783. The van der Waals surface area contributed by atoms with Gasteiger partial charge in [0.1, 0.15) is 4.60 Å². The highest BCUT2D eigenvalue weighted by atomic mass is 79.9. The van der Waals surface area contributed by atoms with Crippen LogP contribution in [0.4, 0.5) is 8.78 Å². The predicted molar refractivity (Wildman–Crippen MR) is 44.9 cm³/mol. The topological polar surface area (TPSA) is 38.9 Å². The van der Waals surface area contributed by atoms with Gasteiger partial charge in [-0.15, -0.1) is 0 Å². The first kappa shape index (κ1) is 9.54. The molecule has 0 spiro atoms. The van der Waals surface area contributed by atoms with Crippen LogP contribution < -0.4 is 5.73 Å². The molecule has 1 atom stereocenters. The Bertz CT molecular complexity index is 267. The van der Waals surface area contributed by atoms with E-state index in [1.165, 1.54) is 12.3 Å². The van der Waals surface area contributed by atoms with Crippen molar-refractivity contribution in [3.05, 3.63) is 28.5 Å². The second kappa shape index (κ2) is 3.91. The van der Waals surface area contributed by atoms with E-state index < -0.39 is 12.5 Å². The molecular weight excluding hydrogens is 230 g/mol. The first-order valence-electron chi connectivity index (χ1n) is 3.27. The molecule has 0 aromatic carbocycles. The van der Waals surface area contributed by atoms with E-state index in [9.17, 15) is 8.78 Å². The first-order valence-corrected chi connectivity index (χ1v) is 4.06. The second-order valence-electron chi connectivity index (χ2n) is 2.24. The van der Waals surface area contributed by atoms with Gasteiger partial charge in [0.05, 0.1) is 6.04 Å². The smallest absolute Gasteiger partial charge is 0.257 e. The molecule has 5 heteroatoms. The van der Waals surface area contributed by atoms with Crippen LogP contribution in [0.2, 0.25) is 0 Å². The Morgan fingerprint density at radius 3 is 2.67 bits per heavy atom. The minimum Gasteiger partial charge on any atom is -0.319 e. The molecule has 1 unspecified atom stereocenters. The Labute approximate surface area is 76.9 Å². The van der Waals surface area contributed by atoms with Gasteiger partial charge in [0.25, 0.3) is 6.43 Å². The van der Waals surface area contributed by atoms with Crippen LogP contribution in [0, 0.1) is 0 Å². The van der Waals surface area contributed by atoms with Crippen LogP contribution >= 0.6 is 15.9 Å². The average Bonchev–Trinajstić information content (AvgIpc) is 2.04. The molecule has 0 aliphatic heterocycles. The number of hydrogen-bond donors (Lipinski definition) is 1. The lowest BCUT2D eigenvalue weighted by Crippen LogP contribution is -2.19. The van der Waals surface area contributed by atoms with Crippen molar-refractivity contribution in [1.29, 1.82) is 0 Å². The zero-order valence-corrected chi connectivity index (χ0v) is 7.63. The Balaban J connectivity index is 2.94. The molecule has 1 aromatic heterocycles. The van der Waals surface area contributed by atoms with Gasteiger partial charge in [-0.2, -0.15) is 0 Å². The zero-order chi connectivity index (χ0) is 9.14. The molecule has 1 rings (SSSR count). The summed E-state index contributed by atoms with van der Waals surface area (Å²) in [6, 6.07) is 1.82. The lowest BCUT2D eigenvalue weighted by atomic mass is 10.1. The third-order valence-electron chi connectivity index (χ3n) is 1.42. The summed E-state index contributed by atoms with van der Waals surface area (Å²) in [6.45, 7) is 0. The highest BCUT2D eigenvalue weighted by Gasteiger charge is 2.19. The van der Waals surface area contributed by atoms with E-state index >= 15 is 0 Å². The van der Waals surface area contributed by atoms with Crippen molar-refractivity contribution in [1.82, 2.24) is 4.98 Å². The third kappa shape index (κ3) is 1.98. The average molecular weight is 237 g/mol. The van der Waals surface area contributed by atoms with Gasteiger partial charge >= 0.3 is 0 Å². The van der Waals surface area contributed by atoms with Gasteiger partial charge in [0.2, 0.25) is 0 Å². The molecule has 0 fully saturated rings. The summed E-state index contributed by atoms with van der Waals surface area (Å²) in [5, 5.41) is 0. The van der Waals surface area contributed by atoms with Crippen molar-refractivity contribution in [3.63, 3.8) is 0 Å². The monoisotopic (exact) mass is 236 g/mol. The molecule has 12 heavy (non-hydrogen) atoms. The van der Waals surface area contributed by atoms with Gasteiger partial charge < -0.3 is 5.73 Å². The number of rotatable bonds is 2. The molecule has 2 nitrogen and oxygen atoms in total. The van der Waals surface area contributed by atoms with E-state index in [0.29, 0.717) is 10.2 Å². The fourth-order valence-corrected chi connectivity index (χ4v) is 1.30. The number of hydrogen-bond acceptors (Lipinski definition) is 2. The van der Waals surface area contributed by atoms with Gasteiger partial charge in [-0.3, -0.25) is 0 Å². The highest BCUT2D eigenvalue weighted by molar-refractivity contribution is 9.10. The van der Waals surface area contributed by atoms with Gasteiger partial charge in [0.15, 0.2) is 0 Å². The Morgan fingerprint density at radius 2 is 2.17 bits per heavy atom. The normalized spacial score (nSPS) is 13.4. The third-order valence-corrected chi connectivity index (χ3v) is 2.08. The standard InChI is InChI=1S/C7H7BrF2N2/c8-6-4(2-1-3-12-6)5(11)7(9)10/h1-3,5,7H,11H2. The van der Waals surface area contributed by atoms with Crippen molar-refractivity contribution in [2.75, 3.05) is 0 Å². The van der Waals surface area contributed by atoms with E-state index in [4.69, 9.17) is 5.73 Å². The molecule has 0 aliphatic rings. The molecule has 0 radical (unpaired) electrons. The Morgan fingerprint density at radius 1 is 1.50 bits per heavy atom. The van der Waals surface area contributed by atoms with Crippen molar-refractivity contribution in [3.8, 4) is 0 Å². The SMILES string of the molecule is NC(c1cccnc1Br)C(F)F. The minimum absolute atomic E-state index is 0.326. The molecule has 1 aromatic rings. The molecule has 0 aliphatic carbocycles. The molecule has 1 heterocycles. The largest absolute Gasteiger partial charge is 0.319 e. The van der Waals surface area contributed by atoms with E-state index in [0.717, 1.165) is 0 Å². The van der Waals surface area contributed by atoms with Crippen molar-refractivity contribution < 1.29 is 8.78 Å². The van der Waals surface area contributed by atoms with E-state index in [2.05, 4.69) is 20.9 Å². The van der Waals surface area contributed by atoms with Crippen LogP contribution in [0.3, 0.4) is 0 Å². The first-order chi connectivity index (χ1) is 5.63. The van der Waals surface area contributed by atoms with E-state index in [1.807, 2.05) is 0 Å². The van der Waals surface area contributed by atoms with Crippen LogP contribution in [0.1, 0.15) is 11.6 Å². The van der Waals surface area contributed by atoms with Crippen LogP contribution in [0.25, 0.3) is 0 Å². The molecule has 0 amide bonds. The van der Waals surface area contributed by atoms with E-state index in [-0.39, 0.29) is 0 Å². The summed E-state index contributed by atoms with van der Waals surface area (Å²) in [5.74, 6) is 0. The summed E-state index contributed by atoms with van der Waals surface area (Å²) < 4.78 is 24.6. The maximum absolute atomic E-state index is 12.1. The summed E-state index contributed by atoms with van der Waals surface area (Å²) in [5.41, 5.74) is 5.55. The van der Waals surface area contributed by atoms with Crippen molar-refractivity contribution in [2.24, 2.45) is 5.73 Å². The fraction of sp³-hybridized carbons (Fsp3) is 0.286. The van der Waals surface area contributed by atoms with Gasteiger partial charge in [-0.25, -0.2) is 13.8 Å². The maximum Gasteiger partial charge on any atom is 0.257 e. The Hall–Kier alpha value is -0.550. The summed E-state index contributed by atoms with van der Waals surface area (Å²) in [6.07, 6.45) is -1.06. The van der Waals surface area contributed by atoms with Crippen molar-refractivity contribution >= 4 is 15.9 Å². The van der Waals surface area contributed by atoms with Crippen LogP contribution in [-0.2, 0) is 0 Å². The van der Waals surface area contributed by atoms with Crippen LogP contribution in [0.5, 0.6) is 0 Å². The number of nitrogens with zero attached hydrogens (tertiary/aromatic N) is 1. The van der Waals surface area contributed by atoms with Crippen molar-refractivity contribution in [2.45, 2.75) is 12.5 Å². The molecule has 2 N–H and O–H groups in total. The number of nitrogens with two attached hydrogens (primary N) is 1. The summed E-state index contributed by atoms with van der Waals surface area (Å²) in [7, 11) is 0. The second-order valence-corrected chi connectivity index (χ2v) is 2.99. The van der Waals surface area contributed by atoms with Gasteiger partial charge in [-0.1, -0.05) is 6.07 Å². The lowest BCUT2D eigenvalue weighted by molar-refractivity contribution is 0.116. The van der Waals surface area contributed by atoms with E-state index in [1.54, 1.807) is 6.07 Å². The van der Waals surface area contributed by atoms with Gasteiger partial charge in [-0.05, 0) is 22.0 Å². The minimum atomic E-state index is -2.56. The number of alkyl halides is 2. The quantitative estimate of drug-likeness (QED) is 0.800. The number of pyridine rings is 1. The molecule has 0 bridgehead atoms. The summed E-state index contributed by atoms with van der Waals surface area (Å²) >= 11 is 3.04. The highest BCUT2D eigenvalue weighted by Crippen LogP contribution is 2.23. The van der Waals surface area contributed by atoms with Gasteiger partial charge in [0, 0.05) is 11.8 Å². The van der Waals surface area contributed by atoms with Crippen LogP contribution in [-0.4, -0.2) is 11.4 Å². The maximum atomic E-state index is 12.1. The zero-order valence-electron chi connectivity index (χ0n) is 6.05. The predicted octanol–water partition coefficient (Wildman–Crippen LogP) is 2.11. The lowest BCUT2D eigenvalue weighted by Gasteiger charge is -2.10. The molecule has 0 saturated heterocycles. The Kier molecular flexibility index (Phi) is 3.11. The molecular formula is C7H7BrF2N2. The molecule has 66 valence electrons. The number of aromatic nitrogens is 1.